The zero-order chi connectivity index (χ0) is 12.6. The van der Waals surface area contributed by atoms with Gasteiger partial charge in [-0.15, -0.1) is 5.10 Å². The summed E-state index contributed by atoms with van der Waals surface area (Å²) in [5, 5.41) is 18.3. The van der Waals surface area contributed by atoms with Gasteiger partial charge in [0.15, 0.2) is 0 Å². The molecular weight excluding hydrogens is 214 g/mol. The summed E-state index contributed by atoms with van der Waals surface area (Å²) in [6.07, 6.45) is 4.82. The highest BCUT2D eigenvalue weighted by Gasteiger charge is 2.40. The number of aliphatic hydroxyl groups excluding tert-OH is 1. The topological polar surface area (TPSA) is 50.9 Å². The van der Waals surface area contributed by atoms with Crippen LogP contribution in [-0.4, -0.2) is 26.2 Å². The summed E-state index contributed by atoms with van der Waals surface area (Å²) in [6, 6.07) is 0. The van der Waals surface area contributed by atoms with Crippen molar-refractivity contribution in [3.05, 3.63) is 11.9 Å². The Hall–Kier alpha value is -0.900. The number of rotatable bonds is 2. The molecule has 1 saturated carbocycles. The van der Waals surface area contributed by atoms with E-state index in [2.05, 4.69) is 31.1 Å². The van der Waals surface area contributed by atoms with Gasteiger partial charge in [0.2, 0.25) is 0 Å². The lowest BCUT2D eigenvalue weighted by molar-refractivity contribution is 0.0123. The lowest BCUT2D eigenvalue weighted by Gasteiger charge is -2.41. The molecular formula is C13H23N3O. The summed E-state index contributed by atoms with van der Waals surface area (Å²) < 4.78 is 1.82. The van der Waals surface area contributed by atoms with Crippen LogP contribution in [0.1, 0.15) is 45.7 Å². The van der Waals surface area contributed by atoms with E-state index in [0.29, 0.717) is 11.8 Å². The van der Waals surface area contributed by atoms with E-state index in [-0.39, 0.29) is 11.5 Å². The van der Waals surface area contributed by atoms with E-state index >= 15 is 0 Å². The second-order valence-corrected chi connectivity index (χ2v) is 6.06. The third-order valence-electron chi connectivity index (χ3n) is 4.38. The predicted molar refractivity (Wildman–Crippen MR) is 66.5 cm³/mol. The maximum Gasteiger partial charge on any atom is 0.0730 e. The van der Waals surface area contributed by atoms with Gasteiger partial charge in [-0.2, -0.15) is 0 Å². The van der Waals surface area contributed by atoms with Crippen molar-refractivity contribution < 1.29 is 5.11 Å². The van der Waals surface area contributed by atoms with Crippen LogP contribution in [0.3, 0.4) is 0 Å². The average Bonchev–Trinajstić information content (AvgIpc) is 2.64. The van der Waals surface area contributed by atoms with Crippen LogP contribution < -0.4 is 0 Å². The number of aliphatic hydroxyl groups is 1. The minimum atomic E-state index is -0.205. The van der Waals surface area contributed by atoms with E-state index in [9.17, 15) is 5.11 Å². The molecule has 1 aromatic heterocycles. The zero-order valence-electron chi connectivity index (χ0n) is 11.2. The van der Waals surface area contributed by atoms with Gasteiger partial charge in [0.25, 0.3) is 0 Å². The van der Waals surface area contributed by atoms with Crippen molar-refractivity contribution in [1.29, 1.82) is 0 Å². The SMILES string of the molecule is CC1CCC(C(C)(C)c2cnnn2C)C(O)C1. The molecule has 1 N–H and O–H groups in total. The van der Waals surface area contributed by atoms with E-state index in [4.69, 9.17) is 0 Å². The van der Waals surface area contributed by atoms with Gasteiger partial charge >= 0.3 is 0 Å². The fourth-order valence-electron chi connectivity index (χ4n) is 3.26. The van der Waals surface area contributed by atoms with Crippen LogP contribution in [-0.2, 0) is 12.5 Å². The van der Waals surface area contributed by atoms with Crippen LogP contribution in [0.15, 0.2) is 6.20 Å². The standard InChI is InChI=1S/C13H23N3O/c1-9-5-6-10(11(17)7-9)13(2,3)12-8-14-15-16(12)4/h8-11,17H,5-7H2,1-4H3. The molecule has 3 atom stereocenters. The maximum absolute atomic E-state index is 10.3. The molecule has 0 amide bonds. The fraction of sp³-hybridized carbons (Fsp3) is 0.846. The first-order valence-electron chi connectivity index (χ1n) is 6.46. The van der Waals surface area contributed by atoms with Gasteiger partial charge in [0, 0.05) is 12.5 Å². The van der Waals surface area contributed by atoms with Gasteiger partial charge in [-0.3, -0.25) is 4.68 Å². The Morgan fingerprint density at radius 3 is 2.65 bits per heavy atom. The van der Waals surface area contributed by atoms with Crippen LogP contribution in [0, 0.1) is 11.8 Å². The zero-order valence-corrected chi connectivity index (χ0v) is 11.2. The molecule has 0 radical (unpaired) electrons. The Balaban J connectivity index is 2.24. The molecule has 1 heterocycles. The lowest BCUT2D eigenvalue weighted by Crippen LogP contribution is -2.42. The Bertz CT molecular complexity index is 386. The van der Waals surface area contributed by atoms with E-state index in [1.807, 2.05) is 17.9 Å². The van der Waals surface area contributed by atoms with Crippen molar-refractivity contribution >= 4 is 0 Å². The van der Waals surface area contributed by atoms with Crippen molar-refractivity contribution in [3.8, 4) is 0 Å². The maximum atomic E-state index is 10.3. The van der Waals surface area contributed by atoms with Gasteiger partial charge < -0.3 is 5.11 Å². The van der Waals surface area contributed by atoms with Gasteiger partial charge in [-0.1, -0.05) is 32.4 Å². The number of aryl methyl sites for hydroxylation is 1. The third kappa shape index (κ3) is 2.23. The van der Waals surface area contributed by atoms with Gasteiger partial charge in [0.1, 0.15) is 0 Å². The molecule has 0 bridgehead atoms. The highest BCUT2D eigenvalue weighted by molar-refractivity contribution is 5.13. The fourth-order valence-corrected chi connectivity index (χ4v) is 3.26. The minimum absolute atomic E-state index is 0.0716. The second-order valence-electron chi connectivity index (χ2n) is 6.06. The predicted octanol–water partition coefficient (Wildman–Crippen LogP) is 1.89. The van der Waals surface area contributed by atoms with Crippen LogP contribution in [0.25, 0.3) is 0 Å². The quantitative estimate of drug-likeness (QED) is 0.854. The Morgan fingerprint density at radius 1 is 1.41 bits per heavy atom. The molecule has 17 heavy (non-hydrogen) atoms. The largest absolute Gasteiger partial charge is 0.393 e. The Morgan fingerprint density at radius 2 is 2.12 bits per heavy atom. The molecule has 1 aromatic rings. The van der Waals surface area contributed by atoms with Crippen LogP contribution in [0.5, 0.6) is 0 Å². The number of hydrogen-bond acceptors (Lipinski definition) is 3. The van der Waals surface area contributed by atoms with Gasteiger partial charge in [-0.25, -0.2) is 0 Å². The van der Waals surface area contributed by atoms with Gasteiger partial charge in [0.05, 0.1) is 18.0 Å². The highest BCUT2D eigenvalue weighted by Crippen LogP contribution is 2.41. The smallest absolute Gasteiger partial charge is 0.0730 e. The molecule has 1 fully saturated rings. The van der Waals surface area contributed by atoms with E-state index < -0.39 is 0 Å². The average molecular weight is 237 g/mol. The summed E-state index contributed by atoms with van der Waals surface area (Å²) >= 11 is 0. The monoisotopic (exact) mass is 237 g/mol. The molecule has 0 aromatic carbocycles. The summed E-state index contributed by atoms with van der Waals surface area (Å²) in [4.78, 5) is 0. The summed E-state index contributed by atoms with van der Waals surface area (Å²) in [5.41, 5.74) is 1.04. The first kappa shape index (κ1) is 12.6. The molecule has 1 aliphatic rings. The number of nitrogens with zero attached hydrogens (tertiary/aromatic N) is 3. The molecule has 0 saturated heterocycles. The molecule has 4 nitrogen and oxygen atoms in total. The third-order valence-corrected chi connectivity index (χ3v) is 4.38. The normalized spacial score (nSPS) is 30.5. The first-order valence-corrected chi connectivity index (χ1v) is 6.46. The van der Waals surface area contributed by atoms with Crippen LogP contribution in [0.4, 0.5) is 0 Å². The summed E-state index contributed by atoms with van der Waals surface area (Å²) in [5.74, 6) is 0.942. The van der Waals surface area contributed by atoms with Crippen molar-refractivity contribution in [2.24, 2.45) is 18.9 Å². The second kappa shape index (κ2) is 4.41. The molecule has 2 rings (SSSR count). The van der Waals surface area contributed by atoms with Crippen molar-refractivity contribution in [2.75, 3.05) is 0 Å². The Kier molecular flexibility index (Phi) is 3.25. The summed E-state index contributed by atoms with van der Waals surface area (Å²) in [6.45, 7) is 6.60. The first-order chi connectivity index (χ1) is 7.93. The van der Waals surface area contributed by atoms with E-state index in [1.54, 1.807) is 0 Å². The summed E-state index contributed by atoms with van der Waals surface area (Å²) in [7, 11) is 1.92. The number of aromatic nitrogens is 3. The van der Waals surface area contributed by atoms with Crippen LogP contribution >= 0.6 is 0 Å². The van der Waals surface area contributed by atoms with E-state index in [0.717, 1.165) is 18.5 Å². The molecule has 1 aliphatic carbocycles. The molecule has 4 heteroatoms. The van der Waals surface area contributed by atoms with Crippen molar-refractivity contribution in [1.82, 2.24) is 15.0 Å². The number of hydrogen-bond donors (Lipinski definition) is 1. The highest BCUT2D eigenvalue weighted by atomic mass is 16.3. The van der Waals surface area contributed by atoms with Gasteiger partial charge in [-0.05, 0) is 24.7 Å². The Labute approximate surface area is 103 Å². The molecule has 0 spiro atoms. The minimum Gasteiger partial charge on any atom is -0.393 e. The van der Waals surface area contributed by atoms with Crippen LogP contribution in [0.2, 0.25) is 0 Å². The molecule has 96 valence electrons. The molecule has 3 unspecified atom stereocenters. The van der Waals surface area contributed by atoms with Crippen molar-refractivity contribution in [2.45, 2.75) is 51.6 Å². The molecule has 0 aliphatic heterocycles. The van der Waals surface area contributed by atoms with Crippen molar-refractivity contribution in [3.63, 3.8) is 0 Å². The lowest BCUT2D eigenvalue weighted by atomic mass is 9.66. The van der Waals surface area contributed by atoms with E-state index in [1.165, 1.54) is 6.42 Å².